The standard InChI is InChI=1S/C11H12F2O2/c1-15-10-8(11(6-14)2-3-11)4-7(12)5-9(10)13/h4-5,14H,2-3,6H2,1H3. The van der Waals surface area contributed by atoms with Crippen LogP contribution in [-0.4, -0.2) is 18.8 Å². The second kappa shape index (κ2) is 3.45. The maximum atomic E-state index is 13.4. The van der Waals surface area contributed by atoms with Crippen molar-refractivity contribution in [1.29, 1.82) is 0 Å². The molecule has 0 spiro atoms. The lowest BCUT2D eigenvalue weighted by molar-refractivity contribution is 0.250. The van der Waals surface area contributed by atoms with Gasteiger partial charge in [0.1, 0.15) is 5.82 Å². The quantitative estimate of drug-likeness (QED) is 0.833. The molecule has 0 heterocycles. The number of ether oxygens (including phenoxy) is 1. The van der Waals surface area contributed by atoms with Gasteiger partial charge in [0, 0.05) is 17.0 Å². The highest BCUT2D eigenvalue weighted by atomic mass is 19.1. The molecule has 0 radical (unpaired) electrons. The smallest absolute Gasteiger partial charge is 0.168 e. The molecule has 0 amide bonds. The number of halogens is 2. The zero-order valence-corrected chi connectivity index (χ0v) is 8.39. The zero-order valence-electron chi connectivity index (χ0n) is 8.39. The van der Waals surface area contributed by atoms with Crippen LogP contribution in [0.1, 0.15) is 18.4 Å². The van der Waals surface area contributed by atoms with E-state index < -0.39 is 17.0 Å². The van der Waals surface area contributed by atoms with E-state index in [9.17, 15) is 13.9 Å². The molecule has 1 aromatic rings. The van der Waals surface area contributed by atoms with Gasteiger partial charge >= 0.3 is 0 Å². The second-order valence-electron chi connectivity index (χ2n) is 3.91. The van der Waals surface area contributed by atoms with E-state index in [1.165, 1.54) is 13.2 Å². The maximum Gasteiger partial charge on any atom is 0.168 e. The van der Waals surface area contributed by atoms with Crippen molar-refractivity contribution in [2.24, 2.45) is 0 Å². The normalized spacial score (nSPS) is 17.6. The highest BCUT2D eigenvalue weighted by Gasteiger charge is 2.46. The molecule has 1 N–H and O–H groups in total. The Balaban J connectivity index is 2.54. The summed E-state index contributed by atoms with van der Waals surface area (Å²) < 4.78 is 31.3. The summed E-state index contributed by atoms with van der Waals surface area (Å²) in [6.07, 6.45) is 1.48. The summed E-state index contributed by atoms with van der Waals surface area (Å²) in [6, 6.07) is 2.03. The molecule has 0 saturated heterocycles. The first-order valence-corrected chi connectivity index (χ1v) is 4.77. The Morgan fingerprint density at radius 3 is 2.53 bits per heavy atom. The maximum absolute atomic E-state index is 13.4. The van der Waals surface area contributed by atoms with E-state index >= 15 is 0 Å². The van der Waals surface area contributed by atoms with Crippen LogP contribution in [0, 0.1) is 11.6 Å². The highest BCUT2D eigenvalue weighted by molar-refractivity contribution is 5.44. The third kappa shape index (κ3) is 1.59. The largest absolute Gasteiger partial charge is 0.493 e. The number of rotatable bonds is 3. The molecule has 15 heavy (non-hydrogen) atoms. The number of aliphatic hydroxyl groups is 1. The lowest BCUT2D eigenvalue weighted by Gasteiger charge is -2.16. The summed E-state index contributed by atoms with van der Waals surface area (Å²) >= 11 is 0. The highest BCUT2D eigenvalue weighted by Crippen LogP contribution is 2.51. The van der Waals surface area contributed by atoms with Crippen molar-refractivity contribution in [3.05, 3.63) is 29.3 Å². The molecule has 82 valence electrons. The second-order valence-corrected chi connectivity index (χ2v) is 3.91. The molecule has 2 rings (SSSR count). The van der Waals surface area contributed by atoms with Crippen LogP contribution < -0.4 is 4.74 Å². The Bertz CT molecular complexity index is 386. The predicted molar refractivity (Wildman–Crippen MR) is 50.9 cm³/mol. The number of benzene rings is 1. The van der Waals surface area contributed by atoms with Crippen molar-refractivity contribution in [2.75, 3.05) is 13.7 Å². The van der Waals surface area contributed by atoms with E-state index in [1.807, 2.05) is 0 Å². The van der Waals surface area contributed by atoms with Gasteiger partial charge in [-0.1, -0.05) is 0 Å². The number of aliphatic hydroxyl groups excluding tert-OH is 1. The fraction of sp³-hybridized carbons (Fsp3) is 0.455. The molecule has 1 fully saturated rings. The topological polar surface area (TPSA) is 29.5 Å². The monoisotopic (exact) mass is 214 g/mol. The zero-order chi connectivity index (χ0) is 11.1. The van der Waals surface area contributed by atoms with E-state index in [2.05, 4.69) is 0 Å². The first-order chi connectivity index (χ1) is 7.13. The Kier molecular flexibility index (Phi) is 2.38. The van der Waals surface area contributed by atoms with Gasteiger partial charge in [-0.15, -0.1) is 0 Å². The summed E-state index contributed by atoms with van der Waals surface area (Å²) in [6.45, 7) is -0.105. The molecule has 0 aromatic heterocycles. The summed E-state index contributed by atoms with van der Waals surface area (Å²) in [5.74, 6) is -1.31. The van der Waals surface area contributed by atoms with E-state index in [0.29, 0.717) is 5.56 Å². The van der Waals surface area contributed by atoms with Crippen LogP contribution in [0.4, 0.5) is 8.78 Å². The van der Waals surface area contributed by atoms with Crippen molar-refractivity contribution in [3.63, 3.8) is 0 Å². The molecule has 1 aliphatic carbocycles. The van der Waals surface area contributed by atoms with Gasteiger partial charge in [-0.05, 0) is 18.9 Å². The Hall–Kier alpha value is -1.16. The molecular formula is C11H12F2O2. The fourth-order valence-corrected chi connectivity index (χ4v) is 1.83. The van der Waals surface area contributed by atoms with Crippen LogP contribution in [0.2, 0.25) is 0 Å². The van der Waals surface area contributed by atoms with E-state index in [1.54, 1.807) is 0 Å². The van der Waals surface area contributed by atoms with Crippen LogP contribution in [-0.2, 0) is 5.41 Å². The minimum atomic E-state index is -0.716. The van der Waals surface area contributed by atoms with Gasteiger partial charge in [0.05, 0.1) is 13.7 Å². The molecule has 1 aliphatic rings. The minimum Gasteiger partial charge on any atom is -0.493 e. The van der Waals surface area contributed by atoms with Gasteiger partial charge in [0.2, 0.25) is 0 Å². The van der Waals surface area contributed by atoms with E-state index in [4.69, 9.17) is 4.74 Å². The average Bonchev–Trinajstić information content (AvgIpc) is 2.97. The van der Waals surface area contributed by atoms with Crippen LogP contribution in [0.3, 0.4) is 0 Å². The molecule has 0 aliphatic heterocycles. The lowest BCUT2D eigenvalue weighted by Crippen LogP contribution is -2.14. The Morgan fingerprint density at radius 1 is 1.40 bits per heavy atom. The number of hydrogen-bond donors (Lipinski definition) is 1. The van der Waals surface area contributed by atoms with Crippen LogP contribution in [0.15, 0.2) is 12.1 Å². The van der Waals surface area contributed by atoms with Gasteiger partial charge < -0.3 is 9.84 Å². The Morgan fingerprint density at radius 2 is 2.07 bits per heavy atom. The Labute approximate surface area is 86.5 Å². The van der Waals surface area contributed by atoms with Crippen molar-refractivity contribution in [3.8, 4) is 5.75 Å². The summed E-state index contributed by atoms with van der Waals surface area (Å²) in [4.78, 5) is 0. The van der Waals surface area contributed by atoms with Gasteiger partial charge in [-0.25, -0.2) is 8.78 Å². The van der Waals surface area contributed by atoms with Crippen molar-refractivity contribution < 1.29 is 18.6 Å². The molecule has 0 bridgehead atoms. The third-order valence-corrected chi connectivity index (χ3v) is 2.94. The fourth-order valence-electron chi connectivity index (χ4n) is 1.83. The lowest BCUT2D eigenvalue weighted by atomic mass is 9.95. The number of hydrogen-bond acceptors (Lipinski definition) is 2. The van der Waals surface area contributed by atoms with Crippen molar-refractivity contribution >= 4 is 0 Å². The van der Waals surface area contributed by atoms with Gasteiger partial charge in [0.25, 0.3) is 0 Å². The molecule has 0 atom stereocenters. The van der Waals surface area contributed by atoms with Gasteiger partial charge in [0.15, 0.2) is 11.6 Å². The minimum absolute atomic E-state index is 0.0444. The molecule has 0 unspecified atom stereocenters. The third-order valence-electron chi connectivity index (χ3n) is 2.94. The SMILES string of the molecule is COc1c(F)cc(F)cc1C1(CO)CC1. The molecule has 2 nitrogen and oxygen atoms in total. The summed E-state index contributed by atoms with van der Waals surface area (Å²) in [5.41, 5.74) is -0.0566. The van der Waals surface area contributed by atoms with E-state index in [0.717, 1.165) is 18.9 Å². The van der Waals surface area contributed by atoms with Crippen molar-refractivity contribution in [1.82, 2.24) is 0 Å². The van der Waals surface area contributed by atoms with Gasteiger partial charge in [-0.3, -0.25) is 0 Å². The molecule has 1 aromatic carbocycles. The van der Waals surface area contributed by atoms with E-state index in [-0.39, 0.29) is 12.4 Å². The molecular weight excluding hydrogens is 202 g/mol. The number of methoxy groups -OCH3 is 1. The molecule has 4 heteroatoms. The van der Waals surface area contributed by atoms with Gasteiger partial charge in [-0.2, -0.15) is 0 Å². The van der Waals surface area contributed by atoms with Crippen LogP contribution in [0.25, 0.3) is 0 Å². The predicted octanol–water partition coefficient (Wildman–Crippen LogP) is 2.00. The first-order valence-electron chi connectivity index (χ1n) is 4.77. The first kappa shape index (κ1) is 10.4. The molecule has 1 saturated carbocycles. The van der Waals surface area contributed by atoms with Crippen molar-refractivity contribution in [2.45, 2.75) is 18.3 Å². The van der Waals surface area contributed by atoms with Crippen LogP contribution in [0.5, 0.6) is 5.75 Å². The average molecular weight is 214 g/mol. The summed E-state index contributed by atoms with van der Waals surface area (Å²) in [7, 11) is 1.34. The van der Waals surface area contributed by atoms with Crippen LogP contribution >= 0.6 is 0 Å². The summed E-state index contributed by atoms with van der Waals surface area (Å²) in [5, 5.41) is 9.21.